The van der Waals surface area contributed by atoms with Gasteiger partial charge >= 0.3 is 12.3 Å². The molecule has 200 valence electrons. The lowest BCUT2D eigenvalue weighted by Gasteiger charge is -2.26. The average molecular weight is 521 g/mol. The summed E-state index contributed by atoms with van der Waals surface area (Å²) < 4.78 is 72.1. The van der Waals surface area contributed by atoms with Gasteiger partial charge in [0.15, 0.2) is 0 Å². The Morgan fingerprint density at radius 3 is 2.39 bits per heavy atom. The predicted molar refractivity (Wildman–Crippen MR) is 119 cm³/mol. The molecule has 0 bridgehead atoms. The van der Waals surface area contributed by atoms with Crippen molar-refractivity contribution in [3.05, 3.63) is 48.0 Å². The van der Waals surface area contributed by atoms with E-state index >= 15 is 0 Å². The van der Waals surface area contributed by atoms with Crippen LogP contribution in [-0.2, 0) is 22.0 Å². The largest absolute Gasteiger partial charge is 0.448 e. The number of benzene rings is 1. The molecule has 0 fully saturated rings. The number of hydrogen-bond donors (Lipinski definition) is 3. The van der Waals surface area contributed by atoms with Crippen molar-refractivity contribution in [2.24, 2.45) is 5.73 Å². The van der Waals surface area contributed by atoms with Crippen LogP contribution in [0.25, 0.3) is 0 Å². The minimum absolute atomic E-state index is 0.0878. The molecule has 36 heavy (non-hydrogen) atoms. The fourth-order valence-corrected chi connectivity index (χ4v) is 3.06. The molecule has 1 atom stereocenters. The number of ether oxygens (including phenoxy) is 1. The summed E-state index contributed by atoms with van der Waals surface area (Å²) in [5, 5.41) is 8.56. The average Bonchev–Trinajstić information content (AvgIpc) is 3.24. The molecule has 1 aromatic heterocycles. The number of halogens is 5. The highest BCUT2D eigenvalue weighted by atomic mass is 19.4. The molecule has 0 aliphatic heterocycles. The third-order valence-corrected chi connectivity index (χ3v) is 5.00. The van der Waals surface area contributed by atoms with E-state index in [1.54, 1.807) is 6.07 Å². The second kappa shape index (κ2) is 12.1. The van der Waals surface area contributed by atoms with Gasteiger partial charge in [-0.2, -0.15) is 18.3 Å². The molecule has 0 saturated heterocycles. The van der Waals surface area contributed by atoms with Crippen molar-refractivity contribution < 1.29 is 36.3 Å². The summed E-state index contributed by atoms with van der Waals surface area (Å²) >= 11 is 0. The first-order valence-corrected chi connectivity index (χ1v) is 11.1. The van der Waals surface area contributed by atoms with E-state index in [4.69, 9.17) is 10.5 Å². The van der Waals surface area contributed by atoms with Gasteiger partial charge in [0.25, 0.3) is 5.92 Å². The van der Waals surface area contributed by atoms with Gasteiger partial charge in [0.2, 0.25) is 5.91 Å². The molecule has 0 saturated carbocycles. The van der Waals surface area contributed by atoms with Crippen molar-refractivity contribution in [2.75, 3.05) is 13.2 Å². The Morgan fingerprint density at radius 1 is 1.11 bits per heavy atom. The van der Waals surface area contributed by atoms with E-state index in [1.165, 1.54) is 42.8 Å². The molecule has 1 aromatic carbocycles. The second-order valence-corrected chi connectivity index (χ2v) is 8.63. The lowest BCUT2D eigenvalue weighted by Crippen LogP contribution is -2.50. The number of alkyl halides is 5. The SMILES string of the molecule is CC(C)(N)C(=O)NC(CCC(F)(F)c1ccccc1)c1ncnn1CCOC(=O)NCCC(F)(F)F. The van der Waals surface area contributed by atoms with E-state index in [1.807, 2.05) is 5.32 Å². The van der Waals surface area contributed by atoms with E-state index in [2.05, 4.69) is 15.4 Å². The zero-order valence-electron chi connectivity index (χ0n) is 19.8. The highest BCUT2D eigenvalue weighted by Gasteiger charge is 2.35. The third kappa shape index (κ3) is 9.40. The molecular formula is C22H29F5N6O3. The topological polar surface area (TPSA) is 124 Å². The monoisotopic (exact) mass is 520 g/mol. The number of rotatable bonds is 12. The van der Waals surface area contributed by atoms with Crippen LogP contribution < -0.4 is 16.4 Å². The van der Waals surface area contributed by atoms with Crippen molar-refractivity contribution >= 4 is 12.0 Å². The number of carbonyl (C=O) groups excluding carboxylic acids is 2. The Kier molecular flexibility index (Phi) is 9.73. The third-order valence-electron chi connectivity index (χ3n) is 5.00. The first-order valence-electron chi connectivity index (χ1n) is 11.1. The van der Waals surface area contributed by atoms with Gasteiger partial charge < -0.3 is 21.1 Å². The Bertz CT molecular complexity index is 992. The molecule has 4 N–H and O–H groups in total. The van der Waals surface area contributed by atoms with Gasteiger partial charge in [0.1, 0.15) is 18.8 Å². The molecule has 2 rings (SSSR count). The number of amides is 2. The van der Waals surface area contributed by atoms with Gasteiger partial charge in [-0.25, -0.2) is 23.2 Å². The first kappa shape index (κ1) is 28.9. The molecule has 1 heterocycles. The number of alkyl carbamates (subject to hydrolysis) is 1. The minimum Gasteiger partial charge on any atom is -0.448 e. The molecule has 0 aliphatic rings. The van der Waals surface area contributed by atoms with Crippen LogP contribution >= 0.6 is 0 Å². The summed E-state index contributed by atoms with van der Waals surface area (Å²) in [4.78, 5) is 28.2. The van der Waals surface area contributed by atoms with Crippen LogP contribution in [0.15, 0.2) is 36.7 Å². The maximum absolute atomic E-state index is 14.8. The second-order valence-electron chi connectivity index (χ2n) is 8.63. The zero-order valence-corrected chi connectivity index (χ0v) is 19.8. The Morgan fingerprint density at radius 2 is 1.78 bits per heavy atom. The number of carbonyl (C=O) groups is 2. The minimum atomic E-state index is -4.42. The van der Waals surface area contributed by atoms with E-state index in [0.717, 1.165) is 6.33 Å². The molecule has 1 unspecified atom stereocenters. The van der Waals surface area contributed by atoms with Gasteiger partial charge in [-0.1, -0.05) is 30.3 Å². The number of aromatic nitrogens is 3. The Labute approximate surface area is 204 Å². The fourth-order valence-electron chi connectivity index (χ4n) is 3.06. The smallest absolute Gasteiger partial charge is 0.407 e. The summed E-state index contributed by atoms with van der Waals surface area (Å²) in [6.45, 7) is 1.88. The molecule has 2 amide bonds. The van der Waals surface area contributed by atoms with Crippen LogP contribution in [0.3, 0.4) is 0 Å². The lowest BCUT2D eigenvalue weighted by molar-refractivity contribution is -0.133. The van der Waals surface area contributed by atoms with E-state index < -0.39 is 55.1 Å². The summed E-state index contributed by atoms with van der Waals surface area (Å²) in [7, 11) is 0. The molecule has 14 heteroatoms. The van der Waals surface area contributed by atoms with Crippen LogP contribution in [0, 0.1) is 0 Å². The van der Waals surface area contributed by atoms with Gasteiger partial charge in [0, 0.05) is 18.5 Å². The molecular weight excluding hydrogens is 491 g/mol. The summed E-state index contributed by atoms with van der Waals surface area (Å²) in [5.41, 5.74) is 4.35. The van der Waals surface area contributed by atoms with Crippen molar-refractivity contribution in [3.8, 4) is 0 Å². The highest BCUT2D eigenvalue weighted by molar-refractivity contribution is 5.85. The van der Waals surface area contributed by atoms with E-state index in [-0.39, 0.29) is 31.0 Å². The van der Waals surface area contributed by atoms with Crippen molar-refractivity contribution in [1.29, 1.82) is 0 Å². The summed E-state index contributed by atoms with van der Waals surface area (Å²) in [5.74, 6) is -3.67. The van der Waals surface area contributed by atoms with Gasteiger partial charge in [-0.05, 0) is 20.3 Å². The van der Waals surface area contributed by atoms with Crippen LogP contribution in [0.1, 0.15) is 50.5 Å². The van der Waals surface area contributed by atoms with Crippen molar-refractivity contribution in [2.45, 2.75) is 63.3 Å². The van der Waals surface area contributed by atoms with Crippen molar-refractivity contribution in [3.63, 3.8) is 0 Å². The number of nitrogens with two attached hydrogens (primary N) is 1. The lowest BCUT2D eigenvalue weighted by atomic mass is 9.99. The molecule has 0 aliphatic carbocycles. The van der Waals surface area contributed by atoms with Gasteiger partial charge in [0.05, 0.1) is 24.5 Å². The van der Waals surface area contributed by atoms with E-state index in [9.17, 15) is 31.5 Å². The molecule has 2 aromatic rings. The zero-order chi connectivity index (χ0) is 27.0. The quantitative estimate of drug-likeness (QED) is 0.369. The molecule has 9 nitrogen and oxygen atoms in total. The van der Waals surface area contributed by atoms with Gasteiger partial charge in [-0.15, -0.1) is 0 Å². The van der Waals surface area contributed by atoms with Crippen LogP contribution in [0.4, 0.5) is 26.7 Å². The predicted octanol–water partition coefficient (Wildman–Crippen LogP) is 3.42. The fraction of sp³-hybridized carbons (Fsp3) is 0.545. The number of hydrogen-bond acceptors (Lipinski definition) is 6. The van der Waals surface area contributed by atoms with Gasteiger partial charge in [-0.3, -0.25) is 4.79 Å². The molecule has 0 radical (unpaired) electrons. The standard InChI is InChI=1S/C22H29F5N6O3/c1-20(2,28)18(34)32-16(8-9-21(23,24)15-6-4-3-5-7-15)17-30-14-31-33(17)12-13-36-19(35)29-11-10-22(25,26)27/h3-7,14,16H,8-13,28H2,1-2H3,(H,29,35)(H,32,34). The van der Waals surface area contributed by atoms with E-state index in [0.29, 0.717) is 0 Å². The van der Waals surface area contributed by atoms with Crippen LogP contribution in [-0.4, -0.2) is 51.6 Å². The highest BCUT2D eigenvalue weighted by Crippen LogP contribution is 2.35. The molecule has 0 spiro atoms. The Hall–Kier alpha value is -3.29. The maximum Gasteiger partial charge on any atom is 0.407 e. The summed E-state index contributed by atoms with van der Waals surface area (Å²) in [6, 6.07) is 6.21. The number of nitrogens with zero attached hydrogens (tertiary/aromatic N) is 3. The Balaban J connectivity index is 2.06. The summed E-state index contributed by atoms with van der Waals surface area (Å²) in [6.07, 6.45) is -6.39. The van der Waals surface area contributed by atoms with Crippen LogP contribution in [0.2, 0.25) is 0 Å². The number of nitrogens with one attached hydrogen (secondary N) is 2. The first-order chi connectivity index (χ1) is 16.7. The normalized spacial score (nSPS) is 13.2. The maximum atomic E-state index is 14.8. The van der Waals surface area contributed by atoms with Crippen molar-refractivity contribution in [1.82, 2.24) is 25.4 Å². The van der Waals surface area contributed by atoms with Crippen LogP contribution in [0.5, 0.6) is 0 Å².